The van der Waals surface area contributed by atoms with Gasteiger partial charge in [-0.25, -0.2) is 9.89 Å². The molecule has 1 aliphatic rings. The van der Waals surface area contributed by atoms with Gasteiger partial charge in [0.05, 0.1) is 5.25 Å². The Morgan fingerprint density at radius 3 is 2.88 bits per heavy atom. The van der Waals surface area contributed by atoms with E-state index in [0.717, 1.165) is 12.8 Å². The molecule has 2 rings (SSSR count). The summed E-state index contributed by atoms with van der Waals surface area (Å²) in [6, 6.07) is 0.360. The van der Waals surface area contributed by atoms with Crippen LogP contribution in [-0.2, 0) is 11.8 Å². The number of thioether (sulfide) groups is 1. The average Bonchev–Trinajstić information content (AvgIpc) is 3.00. The SMILES string of the molecule is C[C@H](Sc1n[nH]c(=O)n1C)C(=O)NC1CC1. The summed E-state index contributed by atoms with van der Waals surface area (Å²) in [4.78, 5) is 22.8. The van der Waals surface area contributed by atoms with Crippen molar-refractivity contribution in [1.29, 1.82) is 0 Å². The first-order chi connectivity index (χ1) is 7.58. The molecule has 1 aromatic rings. The van der Waals surface area contributed by atoms with E-state index in [-0.39, 0.29) is 16.8 Å². The summed E-state index contributed by atoms with van der Waals surface area (Å²) in [5.41, 5.74) is -0.266. The van der Waals surface area contributed by atoms with Gasteiger partial charge < -0.3 is 5.32 Å². The molecular weight excluding hydrogens is 228 g/mol. The minimum atomic E-state index is -0.266. The molecule has 1 saturated carbocycles. The van der Waals surface area contributed by atoms with Gasteiger partial charge in [0.1, 0.15) is 0 Å². The van der Waals surface area contributed by atoms with Crippen LogP contribution in [-0.4, -0.2) is 32.0 Å². The van der Waals surface area contributed by atoms with Crippen LogP contribution in [0.5, 0.6) is 0 Å². The third-order valence-electron chi connectivity index (χ3n) is 2.41. The fourth-order valence-electron chi connectivity index (χ4n) is 1.20. The summed E-state index contributed by atoms with van der Waals surface area (Å²) in [5.74, 6) is 0.00273. The van der Waals surface area contributed by atoms with Crippen molar-refractivity contribution in [3.8, 4) is 0 Å². The summed E-state index contributed by atoms with van der Waals surface area (Å²) >= 11 is 1.28. The van der Waals surface area contributed by atoms with Crippen LogP contribution < -0.4 is 11.0 Å². The molecule has 0 radical (unpaired) electrons. The number of amides is 1. The number of hydrogen-bond donors (Lipinski definition) is 2. The number of nitrogens with one attached hydrogen (secondary N) is 2. The molecule has 6 nitrogen and oxygen atoms in total. The van der Waals surface area contributed by atoms with Crippen molar-refractivity contribution in [3.05, 3.63) is 10.5 Å². The van der Waals surface area contributed by atoms with Crippen LogP contribution in [0.4, 0.5) is 0 Å². The number of nitrogens with zero attached hydrogens (tertiary/aromatic N) is 2. The lowest BCUT2D eigenvalue weighted by molar-refractivity contribution is -0.120. The van der Waals surface area contributed by atoms with E-state index in [4.69, 9.17) is 0 Å². The van der Waals surface area contributed by atoms with Crippen LogP contribution in [0.2, 0.25) is 0 Å². The van der Waals surface area contributed by atoms with Crippen molar-refractivity contribution < 1.29 is 4.79 Å². The molecule has 0 spiro atoms. The second-order valence-corrected chi connectivity index (χ2v) is 5.22. The molecule has 0 aliphatic heterocycles. The van der Waals surface area contributed by atoms with E-state index in [2.05, 4.69) is 15.5 Å². The smallest absolute Gasteiger partial charge is 0.343 e. The number of aromatic nitrogens is 3. The zero-order valence-electron chi connectivity index (χ0n) is 9.19. The van der Waals surface area contributed by atoms with E-state index in [1.807, 2.05) is 6.92 Å². The third-order valence-corrected chi connectivity index (χ3v) is 3.56. The van der Waals surface area contributed by atoms with Gasteiger partial charge in [0.15, 0.2) is 5.16 Å². The Hall–Kier alpha value is -1.24. The van der Waals surface area contributed by atoms with Crippen molar-refractivity contribution >= 4 is 17.7 Å². The van der Waals surface area contributed by atoms with Gasteiger partial charge in [-0.05, 0) is 19.8 Å². The molecule has 1 aromatic heterocycles. The van der Waals surface area contributed by atoms with Crippen molar-refractivity contribution in [1.82, 2.24) is 20.1 Å². The normalized spacial score (nSPS) is 17.1. The Morgan fingerprint density at radius 1 is 1.69 bits per heavy atom. The predicted octanol–water partition coefficient (Wildman–Crippen LogP) is -0.132. The second kappa shape index (κ2) is 4.32. The van der Waals surface area contributed by atoms with Crippen LogP contribution in [0.3, 0.4) is 0 Å². The van der Waals surface area contributed by atoms with E-state index in [1.54, 1.807) is 7.05 Å². The summed E-state index contributed by atoms with van der Waals surface area (Å²) in [6.07, 6.45) is 2.15. The highest BCUT2D eigenvalue weighted by atomic mass is 32.2. The summed E-state index contributed by atoms with van der Waals surface area (Å²) in [6.45, 7) is 1.81. The van der Waals surface area contributed by atoms with Gasteiger partial charge in [-0.1, -0.05) is 11.8 Å². The minimum absolute atomic E-state index is 0.00273. The molecule has 2 N–H and O–H groups in total. The number of aromatic amines is 1. The highest BCUT2D eigenvalue weighted by Gasteiger charge is 2.26. The molecule has 1 heterocycles. The van der Waals surface area contributed by atoms with Crippen LogP contribution in [0, 0.1) is 0 Å². The van der Waals surface area contributed by atoms with Crippen LogP contribution in [0.25, 0.3) is 0 Å². The number of carbonyl (C=O) groups is 1. The average molecular weight is 242 g/mol. The van der Waals surface area contributed by atoms with Crippen LogP contribution in [0.15, 0.2) is 9.95 Å². The first kappa shape index (κ1) is 11.3. The molecule has 0 saturated heterocycles. The van der Waals surface area contributed by atoms with Crippen molar-refractivity contribution in [2.45, 2.75) is 36.2 Å². The molecular formula is C9H14N4O2S. The first-order valence-corrected chi connectivity index (χ1v) is 6.04. The lowest BCUT2D eigenvalue weighted by Gasteiger charge is -2.09. The Balaban J connectivity index is 1.95. The Kier molecular flexibility index (Phi) is 3.04. The lowest BCUT2D eigenvalue weighted by atomic mass is 10.4. The Bertz CT molecular complexity index is 449. The third kappa shape index (κ3) is 2.46. The molecule has 88 valence electrons. The lowest BCUT2D eigenvalue weighted by Crippen LogP contribution is -2.32. The topological polar surface area (TPSA) is 79.8 Å². The summed E-state index contributed by atoms with van der Waals surface area (Å²) in [7, 11) is 1.62. The van der Waals surface area contributed by atoms with Gasteiger partial charge in [0, 0.05) is 13.1 Å². The fraction of sp³-hybridized carbons (Fsp3) is 0.667. The Labute approximate surface area is 96.8 Å². The number of carbonyl (C=O) groups excluding carboxylic acids is 1. The maximum absolute atomic E-state index is 11.7. The molecule has 1 atom stereocenters. The molecule has 1 amide bonds. The van der Waals surface area contributed by atoms with E-state index >= 15 is 0 Å². The highest BCUT2D eigenvalue weighted by Crippen LogP contribution is 2.22. The van der Waals surface area contributed by atoms with Gasteiger partial charge in [0.25, 0.3) is 0 Å². The van der Waals surface area contributed by atoms with Gasteiger partial charge in [-0.2, -0.15) is 0 Å². The first-order valence-electron chi connectivity index (χ1n) is 5.16. The standard InChI is InChI=1S/C9H14N4O2S/c1-5(7(14)10-6-3-4-6)16-9-12-11-8(15)13(9)2/h5-6H,3-4H2,1-2H3,(H,10,14)(H,11,15)/t5-/m0/s1. The zero-order valence-corrected chi connectivity index (χ0v) is 10.0. The fourth-order valence-corrected chi connectivity index (χ4v) is 2.03. The minimum Gasteiger partial charge on any atom is -0.352 e. The molecule has 1 fully saturated rings. The number of rotatable bonds is 4. The maximum atomic E-state index is 11.7. The molecule has 0 bridgehead atoms. The van der Waals surface area contributed by atoms with Crippen molar-refractivity contribution in [2.24, 2.45) is 7.05 Å². The second-order valence-electron chi connectivity index (χ2n) is 3.91. The largest absolute Gasteiger partial charge is 0.352 e. The van der Waals surface area contributed by atoms with E-state index in [0.29, 0.717) is 11.2 Å². The monoisotopic (exact) mass is 242 g/mol. The van der Waals surface area contributed by atoms with Gasteiger partial charge in [-0.3, -0.25) is 9.36 Å². The molecule has 16 heavy (non-hydrogen) atoms. The molecule has 7 heteroatoms. The predicted molar refractivity (Wildman–Crippen MR) is 60.3 cm³/mol. The van der Waals surface area contributed by atoms with E-state index in [1.165, 1.54) is 16.3 Å². The molecule has 0 aromatic carbocycles. The van der Waals surface area contributed by atoms with Gasteiger partial charge in [0.2, 0.25) is 5.91 Å². The summed E-state index contributed by atoms with van der Waals surface area (Å²) < 4.78 is 1.39. The quantitative estimate of drug-likeness (QED) is 0.721. The van der Waals surface area contributed by atoms with Crippen LogP contribution >= 0.6 is 11.8 Å². The maximum Gasteiger partial charge on any atom is 0.343 e. The van der Waals surface area contributed by atoms with Gasteiger partial charge >= 0.3 is 5.69 Å². The number of H-pyrrole nitrogens is 1. The van der Waals surface area contributed by atoms with Crippen molar-refractivity contribution in [2.75, 3.05) is 0 Å². The van der Waals surface area contributed by atoms with E-state index in [9.17, 15) is 9.59 Å². The number of hydrogen-bond acceptors (Lipinski definition) is 4. The molecule has 1 aliphatic carbocycles. The Morgan fingerprint density at radius 2 is 2.38 bits per heavy atom. The van der Waals surface area contributed by atoms with Crippen LogP contribution in [0.1, 0.15) is 19.8 Å². The van der Waals surface area contributed by atoms with Gasteiger partial charge in [-0.15, -0.1) is 5.10 Å². The zero-order chi connectivity index (χ0) is 11.7. The van der Waals surface area contributed by atoms with E-state index < -0.39 is 0 Å². The highest BCUT2D eigenvalue weighted by molar-refractivity contribution is 8.00. The van der Waals surface area contributed by atoms with Crippen molar-refractivity contribution in [3.63, 3.8) is 0 Å². The summed E-state index contributed by atoms with van der Waals surface area (Å²) in [5, 5.41) is 9.38. The molecule has 0 unspecified atom stereocenters.